The number of aromatic carboxylic acids is 2. The van der Waals surface area contributed by atoms with Crippen LogP contribution in [0.25, 0.3) is 0 Å². The highest BCUT2D eigenvalue weighted by Crippen LogP contribution is 2.17. The Hall–Kier alpha value is -3.17. The molecule has 0 amide bonds. The van der Waals surface area contributed by atoms with Crippen molar-refractivity contribution in [3.63, 3.8) is 0 Å². The maximum absolute atomic E-state index is 10.6. The molecule has 0 radical (unpaired) electrons. The molecule has 1 aliphatic rings. The van der Waals surface area contributed by atoms with Crippen molar-refractivity contribution < 1.29 is 24.9 Å². The van der Waals surface area contributed by atoms with Crippen LogP contribution >= 0.6 is 0 Å². The SMILES string of the molecule is CC(O)CNc1cc(N2CCNCC2)ccn1.Cc1c(C(=O)O)cccc1C(=O)O. The standard InChI is InChI=1S/C12H20N4O.C9H8O4/c1-10(17)9-15-12-8-11(2-3-14-12)16-6-4-13-5-7-16;1-5-6(8(10)11)3-2-4-7(5)9(12)13/h2-3,8,10,13,17H,4-7,9H2,1H3,(H,14,15);2-4H,1H3,(H,10,11)(H,12,13). The summed E-state index contributed by atoms with van der Waals surface area (Å²) in [5, 5.41) is 33.0. The second-order valence-electron chi connectivity index (χ2n) is 6.95. The zero-order valence-electron chi connectivity index (χ0n) is 17.1. The molecule has 3 rings (SSSR count). The van der Waals surface area contributed by atoms with E-state index in [0.29, 0.717) is 6.54 Å². The number of hydrogen-bond acceptors (Lipinski definition) is 7. The van der Waals surface area contributed by atoms with Gasteiger partial charge in [-0.25, -0.2) is 14.6 Å². The van der Waals surface area contributed by atoms with Crippen LogP contribution in [0, 0.1) is 6.92 Å². The van der Waals surface area contributed by atoms with Crippen LogP contribution in [-0.4, -0.2) is 71.1 Å². The number of piperazine rings is 1. The second kappa shape index (κ2) is 11.1. The molecule has 0 spiro atoms. The van der Waals surface area contributed by atoms with E-state index in [9.17, 15) is 14.7 Å². The molecule has 9 heteroatoms. The Labute approximate surface area is 175 Å². The third-order valence-corrected chi connectivity index (χ3v) is 4.60. The van der Waals surface area contributed by atoms with Crippen molar-refractivity contribution in [3.8, 4) is 0 Å². The number of anilines is 2. The first-order valence-electron chi connectivity index (χ1n) is 9.69. The summed E-state index contributed by atoms with van der Waals surface area (Å²) < 4.78 is 0. The van der Waals surface area contributed by atoms with E-state index < -0.39 is 11.9 Å². The minimum atomic E-state index is -1.11. The molecular formula is C21H28N4O5. The molecule has 30 heavy (non-hydrogen) atoms. The normalized spacial score (nSPS) is 14.3. The lowest BCUT2D eigenvalue weighted by molar-refractivity contribution is 0.0696. The number of hydrogen-bond donors (Lipinski definition) is 5. The van der Waals surface area contributed by atoms with Crippen molar-refractivity contribution >= 4 is 23.4 Å². The molecule has 5 N–H and O–H groups in total. The molecule has 1 aliphatic heterocycles. The van der Waals surface area contributed by atoms with Gasteiger partial charge in [0, 0.05) is 50.7 Å². The molecule has 0 saturated carbocycles. The Kier molecular flexibility index (Phi) is 8.57. The lowest BCUT2D eigenvalue weighted by Crippen LogP contribution is -2.43. The van der Waals surface area contributed by atoms with E-state index in [1.165, 1.54) is 30.8 Å². The van der Waals surface area contributed by atoms with Crippen LogP contribution in [0.15, 0.2) is 36.5 Å². The summed E-state index contributed by atoms with van der Waals surface area (Å²) in [5.74, 6) is -1.40. The fraction of sp³-hybridized carbons (Fsp3) is 0.381. The first-order valence-corrected chi connectivity index (χ1v) is 9.69. The molecule has 2 heterocycles. The minimum Gasteiger partial charge on any atom is -0.478 e. The summed E-state index contributed by atoms with van der Waals surface area (Å²) in [6.07, 6.45) is 1.45. The molecule has 1 aromatic carbocycles. The quantitative estimate of drug-likeness (QED) is 0.476. The number of rotatable bonds is 6. The van der Waals surface area contributed by atoms with Crippen LogP contribution in [0.5, 0.6) is 0 Å². The molecule has 0 bridgehead atoms. The van der Waals surface area contributed by atoms with Gasteiger partial charge in [-0.1, -0.05) is 6.07 Å². The smallest absolute Gasteiger partial charge is 0.335 e. The molecule has 1 atom stereocenters. The van der Waals surface area contributed by atoms with Crippen LogP contribution in [0.3, 0.4) is 0 Å². The fourth-order valence-electron chi connectivity index (χ4n) is 2.99. The van der Waals surface area contributed by atoms with Crippen LogP contribution in [0.4, 0.5) is 11.5 Å². The van der Waals surface area contributed by atoms with E-state index in [1.807, 2.05) is 18.3 Å². The number of aliphatic hydroxyl groups is 1. The topological polar surface area (TPSA) is 135 Å². The van der Waals surface area contributed by atoms with Gasteiger partial charge in [-0.3, -0.25) is 0 Å². The first-order chi connectivity index (χ1) is 14.3. The van der Waals surface area contributed by atoms with Crippen molar-refractivity contribution in [2.75, 3.05) is 42.9 Å². The Morgan fingerprint density at radius 3 is 2.30 bits per heavy atom. The van der Waals surface area contributed by atoms with Gasteiger partial charge in [0.2, 0.25) is 0 Å². The van der Waals surface area contributed by atoms with Crippen LogP contribution in [0.2, 0.25) is 0 Å². The average molecular weight is 416 g/mol. The number of carbonyl (C=O) groups is 2. The lowest BCUT2D eigenvalue weighted by Gasteiger charge is -2.29. The van der Waals surface area contributed by atoms with E-state index >= 15 is 0 Å². The summed E-state index contributed by atoms with van der Waals surface area (Å²) in [7, 11) is 0. The van der Waals surface area contributed by atoms with Crippen molar-refractivity contribution in [1.82, 2.24) is 10.3 Å². The average Bonchev–Trinajstić information content (AvgIpc) is 2.73. The van der Waals surface area contributed by atoms with Gasteiger partial charge in [-0.15, -0.1) is 0 Å². The molecule has 9 nitrogen and oxygen atoms in total. The zero-order valence-corrected chi connectivity index (χ0v) is 17.1. The maximum atomic E-state index is 10.6. The van der Waals surface area contributed by atoms with Gasteiger partial charge >= 0.3 is 11.9 Å². The van der Waals surface area contributed by atoms with Crippen molar-refractivity contribution in [2.24, 2.45) is 0 Å². The van der Waals surface area contributed by atoms with E-state index in [1.54, 1.807) is 6.92 Å². The number of carboxylic acid groups (broad SMARTS) is 2. The Bertz CT molecular complexity index is 834. The number of nitrogens with zero attached hydrogens (tertiary/aromatic N) is 2. The first kappa shape index (κ1) is 23.1. The number of benzene rings is 1. The molecule has 1 fully saturated rings. The molecular weight excluding hydrogens is 388 g/mol. The van der Waals surface area contributed by atoms with E-state index in [-0.39, 0.29) is 22.8 Å². The second-order valence-corrected chi connectivity index (χ2v) is 6.95. The molecule has 1 aromatic heterocycles. The van der Waals surface area contributed by atoms with Crippen LogP contribution < -0.4 is 15.5 Å². The van der Waals surface area contributed by atoms with E-state index in [0.717, 1.165) is 32.0 Å². The summed E-state index contributed by atoms with van der Waals surface area (Å²) in [6, 6.07) is 8.24. The third kappa shape index (κ3) is 6.71. The molecule has 1 saturated heterocycles. The Balaban J connectivity index is 0.000000222. The van der Waals surface area contributed by atoms with Gasteiger partial charge in [0.15, 0.2) is 0 Å². The number of aromatic nitrogens is 1. The Morgan fingerprint density at radius 1 is 1.17 bits per heavy atom. The summed E-state index contributed by atoms with van der Waals surface area (Å²) >= 11 is 0. The molecule has 0 aliphatic carbocycles. The highest BCUT2D eigenvalue weighted by Gasteiger charge is 2.13. The van der Waals surface area contributed by atoms with Gasteiger partial charge in [-0.2, -0.15) is 0 Å². The van der Waals surface area contributed by atoms with Gasteiger partial charge in [0.05, 0.1) is 17.2 Å². The van der Waals surface area contributed by atoms with Crippen molar-refractivity contribution in [2.45, 2.75) is 20.0 Å². The molecule has 2 aromatic rings. The molecule has 1 unspecified atom stereocenters. The summed E-state index contributed by atoms with van der Waals surface area (Å²) in [6.45, 7) is 7.87. The zero-order chi connectivity index (χ0) is 22.1. The highest BCUT2D eigenvalue weighted by atomic mass is 16.4. The van der Waals surface area contributed by atoms with Crippen molar-refractivity contribution in [3.05, 3.63) is 53.2 Å². The number of pyridine rings is 1. The maximum Gasteiger partial charge on any atom is 0.335 e. The Morgan fingerprint density at radius 2 is 1.77 bits per heavy atom. The van der Waals surface area contributed by atoms with E-state index in [4.69, 9.17) is 10.2 Å². The number of nitrogens with one attached hydrogen (secondary N) is 2. The van der Waals surface area contributed by atoms with Crippen LogP contribution in [0.1, 0.15) is 33.2 Å². The summed E-state index contributed by atoms with van der Waals surface area (Å²) in [5.41, 5.74) is 1.52. The van der Waals surface area contributed by atoms with Crippen molar-refractivity contribution in [1.29, 1.82) is 0 Å². The lowest BCUT2D eigenvalue weighted by atomic mass is 10.0. The van der Waals surface area contributed by atoms with Crippen LogP contribution in [-0.2, 0) is 0 Å². The largest absolute Gasteiger partial charge is 0.478 e. The predicted molar refractivity (Wildman–Crippen MR) is 115 cm³/mol. The van der Waals surface area contributed by atoms with Gasteiger partial charge in [0.1, 0.15) is 5.82 Å². The summed E-state index contributed by atoms with van der Waals surface area (Å²) in [4.78, 5) is 27.8. The fourth-order valence-corrected chi connectivity index (χ4v) is 2.99. The number of aliphatic hydroxyl groups excluding tert-OH is 1. The highest BCUT2D eigenvalue weighted by molar-refractivity contribution is 5.96. The monoisotopic (exact) mass is 416 g/mol. The third-order valence-electron chi connectivity index (χ3n) is 4.60. The predicted octanol–water partition coefficient (Wildman–Crippen LogP) is 1.68. The van der Waals surface area contributed by atoms with Gasteiger partial charge in [-0.05, 0) is 37.6 Å². The van der Waals surface area contributed by atoms with E-state index in [2.05, 4.69) is 20.5 Å². The number of carboxylic acids is 2. The van der Waals surface area contributed by atoms with Gasteiger partial charge < -0.3 is 30.9 Å². The minimum absolute atomic E-state index is 0.0277. The van der Waals surface area contributed by atoms with Gasteiger partial charge in [0.25, 0.3) is 0 Å². The molecule has 162 valence electrons.